The monoisotopic (exact) mass is 286 g/mol. The van der Waals surface area contributed by atoms with Gasteiger partial charge in [-0.3, -0.25) is 0 Å². The summed E-state index contributed by atoms with van der Waals surface area (Å²) in [6, 6.07) is 8.29. The second kappa shape index (κ2) is 5.77. The van der Waals surface area contributed by atoms with Crippen molar-refractivity contribution in [3.63, 3.8) is 0 Å². The maximum Gasteiger partial charge on any atom is 0.187 e. The van der Waals surface area contributed by atoms with E-state index in [9.17, 15) is 4.39 Å². The van der Waals surface area contributed by atoms with E-state index in [0.717, 1.165) is 6.42 Å². The van der Waals surface area contributed by atoms with Crippen molar-refractivity contribution in [3.8, 4) is 0 Å². The normalized spacial score (nSPS) is 17.7. The highest BCUT2D eigenvalue weighted by molar-refractivity contribution is 5.47. The van der Waals surface area contributed by atoms with Crippen LogP contribution in [-0.4, -0.2) is 22.6 Å². The molecule has 2 heterocycles. The molecule has 2 aromatic rings. The Morgan fingerprint density at radius 2 is 2.05 bits per heavy atom. The van der Waals surface area contributed by atoms with Crippen LogP contribution in [0.15, 0.2) is 30.6 Å². The molecular weight excluding hydrogens is 267 g/mol. The Morgan fingerprint density at radius 3 is 2.76 bits per heavy atom. The van der Waals surface area contributed by atoms with Gasteiger partial charge in [0.05, 0.1) is 5.69 Å². The van der Waals surface area contributed by atoms with Crippen molar-refractivity contribution in [3.05, 3.63) is 53.2 Å². The second-order valence-electron chi connectivity index (χ2n) is 5.30. The molecule has 0 aliphatic carbocycles. The fraction of sp³-hybridized carbons (Fsp3) is 0.375. The molecule has 1 aliphatic heterocycles. The molecule has 1 aromatic heterocycles. The van der Waals surface area contributed by atoms with Crippen molar-refractivity contribution in [1.82, 2.24) is 9.97 Å². The second-order valence-corrected chi connectivity index (χ2v) is 5.30. The van der Waals surface area contributed by atoms with Crippen molar-refractivity contribution in [2.24, 2.45) is 5.73 Å². The smallest absolute Gasteiger partial charge is 0.187 e. The predicted octanol–water partition coefficient (Wildman–Crippen LogP) is 2.07. The van der Waals surface area contributed by atoms with Crippen LogP contribution in [-0.2, 0) is 19.4 Å². The summed E-state index contributed by atoms with van der Waals surface area (Å²) in [6.07, 6.45) is 2.81. The lowest BCUT2D eigenvalue weighted by molar-refractivity contribution is 0.523. The molecule has 0 spiro atoms. The number of nitrogens with two attached hydrogens (primary N) is 1. The van der Waals surface area contributed by atoms with Crippen molar-refractivity contribution in [2.75, 3.05) is 11.4 Å². The fourth-order valence-corrected chi connectivity index (χ4v) is 2.89. The van der Waals surface area contributed by atoms with E-state index in [0.29, 0.717) is 31.0 Å². The first-order chi connectivity index (χ1) is 10.2. The lowest BCUT2D eigenvalue weighted by atomic mass is 9.94. The van der Waals surface area contributed by atoms with Gasteiger partial charge in [0, 0.05) is 19.1 Å². The highest BCUT2D eigenvalue weighted by Crippen LogP contribution is 2.29. The Hall–Kier alpha value is -2.01. The first kappa shape index (κ1) is 13.9. The summed E-state index contributed by atoms with van der Waals surface area (Å²) in [5.74, 6) is 0.0460. The van der Waals surface area contributed by atoms with E-state index in [4.69, 9.17) is 5.73 Å². The first-order valence-corrected chi connectivity index (χ1v) is 7.27. The van der Waals surface area contributed by atoms with Crippen LogP contribution >= 0.6 is 0 Å². The molecule has 0 saturated heterocycles. The van der Waals surface area contributed by atoms with E-state index < -0.39 is 0 Å². The molecule has 5 heteroatoms. The molecule has 0 saturated carbocycles. The Balaban J connectivity index is 2.02. The number of rotatable bonds is 3. The number of halogens is 1. The molecule has 1 aromatic carbocycles. The van der Waals surface area contributed by atoms with Crippen molar-refractivity contribution >= 4 is 5.82 Å². The average molecular weight is 286 g/mol. The van der Waals surface area contributed by atoms with Gasteiger partial charge < -0.3 is 10.6 Å². The van der Waals surface area contributed by atoms with E-state index in [1.165, 1.54) is 17.5 Å². The zero-order chi connectivity index (χ0) is 14.8. The van der Waals surface area contributed by atoms with Gasteiger partial charge in [0.25, 0.3) is 0 Å². The summed E-state index contributed by atoms with van der Waals surface area (Å²) in [7, 11) is 0. The van der Waals surface area contributed by atoms with E-state index in [-0.39, 0.29) is 11.9 Å². The van der Waals surface area contributed by atoms with Gasteiger partial charge in [-0.15, -0.1) is 0 Å². The Morgan fingerprint density at radius 1 is 1.29 bits per heavy atom. The van der Waals surface area contributed by atoms with Crippen LogP contribution in [0.3, 0.4) is 0 Å². The molecule has 1 aliphatic rings. The molecule has 0 bridgehead atoms. The Labute approximate surface area is 123 Å². The quantitative estimate of drug-likeness (QED) is 0.938. The maximum absolute atomic E-state index is 14.5. The summed E-state index contributed by atoms with van der Waals surface area (Å²) in [5, 5.41) is 0. The van der Waals surface area contributed by atoms with Gasteiger partial charge in [-0.25, -0.2) is 14.4 Å². The Bertz CT molecular complexity index is 644. The summed E-state index contributed by atoms with van der Waals surface area (Å²) in [4.78, 5) is 10.1. The van der Waals surface area contributed by atoms with Gasteiger partial charge in [-0.2, -0.15) is 0 Å². The lowest BCUT2D eigenvalue weighted by Crippen LogP contribution is -2.46. The molecule has 0 radical (unpaired) electrons. The van der Waals surface area contributed by atoms with Crippen molar-refractivity contribution in [1.29, 1.82) is 0 Å². The fourth-order valence-electron chi connectivity index (χ4n) is 2.89. The molecular formula is C16H19FN4. The summed E-state index contributed by atoms with van der Waals surface area (Å²) in [6.45, 7) is 3.00. The molecule has 0 amide bonds. The Kier molecular flexibility index (Phi) is 3.84. The molecule has 110 valence electrons. The summed E-state index contributed by atoms with van der Waals surface area (Å²) < 4.78 is 14.5. The maximum atomic E-state index is 14.5. The molecule has 1 unspecified atom stereocenters. The zero-order valence-corrected chi connectivity index (χ0v) is 12.1. The number of nitrogens with zero attached hydrogens (tertiary/aromatic N) is 3. The van der Waals surface area contributed by atoms with Crippen molar-refractivity contribution < 1.29 is 4.39 Å². The van der Waals surface area contributed by atoms with Gasteiger partial charge in [0.15, 0.2) is 11.6 Å². The van der Waals surface area contributed by atoms with E-state index >= 15 is 0 Å². The highest BCUT2D eigenvalue weighted by Gasteiger charge is 2.28. The number of benzene rings is 1. The van der Waals surface area contributed by atoms with Crippen LogP contribution in [0.25, 0.3) is 0 Å². The third-order valence-corrected chi connectivity index (χ3v) is 4.08. The predicted molar refractivity (Wildman–Crippen MR) is 80.5 cm³/mol. The van der Waals surface area contributed by atoms with Crippen LogP contribution in [0, 0.1) is 5.82 Å². The minimum Gasteiger partial charge on any atom is -0.345 e. The minimum absolute atomic E-state index is 0.0639. The standard InChI is InChI=1S/C16H19FN4/c1-2-14-15(17)16(20-10-19-14)21-9-12-6-4-3-5-11(12)7-13(21)8-18/h3-6,10,13H,2,7-9,18H2,1H3. The number of aryl methyl sites for hydroxylation is 1. The van der Waals surface area contributed by atoms with Gasteiger partial charge in [-0.1, -0.05) is 31.2 Å². The van der Waals surface area contributed by atoms with E-state index in [1.807, 2.05) is 24.0 Å². The zero-order valence-electron chi connectivity index (χ0n) is 12.1. The van der Waals surface area contributed by atoms with Gasteiger partial charge in [-0.05, 0) is 24.0 Å². The van der Waals surface area contributed by atoms with Gasteiger partial charge in [0.2, 0.25) is 0 Å². The number of hydrogen-bond acceptors (Lipinski definition) is 4. The van der Waals surface area contributed by atoms with E-state index in [2.05, 4.69) is 22.1 Å². The highest BCUT2D eigenvalue weighted by atomic mass is 19.1. The molecule has 21 heavy (non-hydrogen) atoms. The van der Waals surface area contributed by atoms with Crippen molar-refractivity contribution in [2.45, 2.75) is 32.4 Å². The largest absolute Gasteiger partial charge is 0.345 e. The number of hydrogen-bond donors (Lipinski definition) is 1. The van der Waals surface area contributed by atoms with Crippen LogP contribution in [0.1, 0.15) is 23.7 Å². The third kappa shape index (κ3) is 2.49. The molecule has 3 rings (SSSR count). The van der Waals surface area contributed by atoms with Gasteiger partial charge >= 0.3 is 0 Å². The van der Waals surface area contributed by atoms with Crippen LogP contribution < -0.4 is 10.6 Å². The molecule has 1 atom stereocenters. The first-order valence-electron chi connectivity index (χ1n) is 7.27. The molecule has 4 nitrogen and oxygen atoms in total. The van der Waals surface area contributed by atoms with Gasteiger partial charge in [0.1, 0.15) is 6.33 Å². The number of aromatic nitrogens is 2. The van der Waals surface area contributed by atoms with Crippen LogP contribution in [0.4, 0.5) is 10.2 Å². The van der Waals surface area contributed by atoms with Crippen LogP contribution in [0.2, 0.25) is 0 Å². The van der Waals surface area contributed by atoms with Crippen LogP contribution in [0.5, 0.6) is 0 Å². The molecule has 0 fully saturated rings. The van der Waals surface area contributed by atoms with E-state index in [1.54, 1.807) is 0 Å². The third-order valence-electron chi connectivity index (χ3n) is 4.08. The molecule has 2 N–H and O–H groups in total. The number of fused-ring (bicyclic) bond motifs is 1. The summed E-state index contributed by atoms with van der Waals surface area (Å²) >= 11 is 0. The lowest BCUT2D eigenvalue weighted by Gasteiger charge is -2.37. The number of anilines is 1. The SMILES string of the molecule is CCc1ncnc(N2Cc3ccccc3CC2CN)c1F. The average Bonchev–Trinajstić information content (AvgIpc) is 2.54. The minimum atomic E-state index is -0.321. The topological polar surface area (TPSA) is 55.0 Å². The summed E-state index contributed by atoms with van der Waals surface area (Å²) in [5.41, 5.74) is 8.85.